The smallest absolute Gasteiger partial charge is 0.137 e. The van der Waals surface area contributed by atoms with Gasteiger partial charge < -0.3 is 9.32 Å². The second kappa shape index (κ2) is 13.1. The Morgan fingerprint density at radius 3 is 1.74 bits per heavy atom. The number of furan rings is 1. The van der Waals surface area contributed by atoms with E-state index in [0.29, 0.717) is 23.7 Å². The second-order valence-electron chi connectivity index (χ2n) is 14.6. The van der Waals surface area contributed by atoms with Gasteiger partial charge in [0.05, 0.1) is 0 Å². The molecule has 6 aromatic rings. The number of nitrogens with zero attached hydrogens (tertiary/aromatic N) is 1. The van der Waals surface area contributed by atoms with E-state index in [2.05, 4.69) is 144 Å². The van der Waals surface area contributed by atoms with E-state index in [1.54, 1.807) is 0 Å². The molecule has 1 aliphatic rings. The summed E-state index contributed by atoms with van der Waals surface area (Å²) in [5, 5.41) is 2.31. The molecule has 0 unspecified atom stereocenters. The van der Waals surface area contributed by atoms with Gasteiger partial charge in [-0.3, -0.25) is 0 Å². The summed E-state index contributed by atoms with van der Waals surface area (Å²) in [6, 6.07) is 38.5. The predicted molar refractivity (Wildman–Crippen MR) is 202 cm³/mol. The topological polar surface area (TPSA) is 16.4 Å². The molecule has 2 heteroatoms. The highest BCUT2D eigenvalue weighted by Crippen LogP contribution is 2.43. The molecule has 5 aromatic carbocycles. The summed E-state index contributed by atoms with van der Waals surface area (Å²) in [4.78, 5) is 2.38. The first-order chi connectivity index (χ1) is 22.8. The molecule has 1 heterocycles. The van der Waals surface area contributed by atoms with Gasteiger partial charge in [-0.2, -0.15) is 0 Å². The Bertz CT molecular complexity index is 1960. The number of fused-ring (bicyclic) bond motifs is 3. The number of hydrogen-bond donors (Lipinski definition) is 0. The minimum atomic E-state index is 0.440. The maximum atomic E-state index is 6.36. The lowest BCUT2D eigenvalue weighted by Crippen LogP contribution is -2.11. The van der Waals surface area contributed by atoms with Crippen LogP contribution < -0.4 is 4.90 Å². The van der Waals surface area contributed by atoms with Crippen molar-refractivity contribution in [1.29, 1.82) is 0 Å². The molecule has 0 atom stereocenters. The Morgan fingerprint density at radius 1 is 0.553 bits per heavy atom. The van der Waals surface area contributed by atoms with E-state index in [-0.39, 0.29) is 0 Å². The van der Waals surface area contributed by atoms with Crippen LogP contribution in [0, 0.1) is 0 Å². The summed E-state index contributed by atoms with van der Waals surface area (Å²) in [6.07, 6.45) is 6.69. The first-order valence-electron chi connectivity index (χ1n) is 17.9. The van der Waals surface area contributed by atoms with Crippen molar-refractivity contribution in [2.45, 2.75) is 97.3 Å². The molecule has 0 spiro atoms. The standard InChI is InChI=1S/C45H49NO/c1-29(2)35-26-41(30(3)4)45(42(27-35)31(5)6)34-18-22-37(23-19-34)46(36-20-16-33(17-21-36)32-12-8-7-9-13-32)38-24-25-40-39-14-10-11-15-43(39)47-44(40)28-38/h10-11,14-32H,7-9,12-13H2,1-6H3. The zero-order chi connectivity index (χ0) is 32.7. The van der Waals surface area contributed by atoms with Crippen LogP contribution in [0.3, 0.4) is 0 Å². The molecule has 0 N–H and O–H groups in total. The molecule has 1 aliphatic carbocycles. The number of para-hydroxylation sites is 1. The molecule has 240 valence electrons. The third-order valence-electron chi connectivity index (χ3n) is 10.4. The minimum Gasteiger partial charge on any atom is -0.456 e. The number of hydrogen-bond acceptors (Lipinski definition) is 2. The first-order valence-corrected chi connectivity index (χ1v) is 17.9. The molecule has 1 saturated carbocycles. The van der Waals surface area contributed by atoms with Crippen LogP contribution in [0.1, 0.15) is 120 Å². The summed E-state index contributed by atoms with van der Waals surface area (Å²) >= 11 is 0. The van der Waals surface area contributed by atoms with E-state index in [0.717, 1.165) is 33.3 Å². The van der Waals surface area contributed by atoms with Crippen molar-refractivity contribution in [3.05, 3.63) is 125 Å². The first kappa shape index (κ1) is 31.3. The molecular formula is C45H49NO. The lowest BCUT2D eigenvalue weighted by molar-refractivity contribution is 0.443. The third kappa shape index (κ3) is 6.11. The average molecular weight is 620 g/mol. The Morgan fingerprint density at radius 2 is 1.13 bits per heavy atom. The molecular weight excluding hydrogens is 571 g/mol. The highest BCUT2D eigenvalue weighted by Gasteiger charge is 2.21. The monoisotopic (exact) mass is 619 g/mol. The summed E-state index contributed by atoms with van der Waals surface area (Å²) in [7, 11) is 0. The van der Waals surface area contributed by atoms with E-state index in [9.17, 15) is 0 Å². The Labute approximate surface area is 281 Å². The lowest BCUT2D eigenvalue weighted by Gasteiger charge is -2.28. The van der Waals surface area contributed by atoms with Gasteiger partial charge in [-0.15, -0.1) is 0 Å². The Balaban J connectivity index is 1.33. The second-order valence-corrected chi connectivity index (χ2v) is 14.6. The highest BCUT2D eigenvalue weighted by molar-refractivity contribution is 6.06. The molecule has 0 saturated heterocycles. The predicted octanol–water partition coefficient (Wildman–Crippen LogP) is 14.1. The van der Waals surface area contributed by atoms with Gasteiger partial charge in [0.25, 0.3) is 0 Å². The van der Waals surface area contributed by atoms with Crippen LogP contribution in [0.25, 0.3) is 33.1 Å². The van der Waals surface area contributed by atoms with E-state index in [4.69, 9.17) is 4.42 Å². The number of rotatable bonds is 8. The van der Waals surface area contributed by atoms with Gasteiger partial charge in [0, 0.05) is 33.9 Å². The summed E-state index contributed by atoms with van der Waals surface area (Å²) in [5.41, 5.74) is 13.7. The SMILES string of the molecule is CC(C)c1cc(C(C)C)c(-c2ccc(N(c3ccc(C4CCCCC4)cc3)c3ccc4c(c3)oc3ccccc34)cc2)c(C(C)C)c1. The van der Waals surface area contributed by atoms with Crippen LogP contribution in [0.4, 0.5) is 17.1 Å². The normalized spacial score (nSPS) is 14.2. The molecule has 2 nitrogen and oxygen atoms in total. The Kier molecular flexibility index (Phi) is 8.71. The van der Waals surface area contributed by atoms with Gasteiger partial charge in [-0.05, 0) is 112 Å². The van der Waals surface area contributed by atoms with Crippen LogP contribution in [-0.2, 0) is 0 Å². The van der Waals surface area contributed by atoms with Gasteiger partial charge >= 0.3 is 0 Å². The quantitative estimate of drug-likeness (QED) is 0.168. The average Bonchev–Trinajstić information content (AvgIpc) is 3.47. The fourth-order valence-electron chi connectivity index (χ4n) is 7.70. The van der Waals surface area contributed by atoms with Crippen molar-refractivity contribution >= 4 is 39.0 Å². The molecule has 0 aliphatic heterocycles. The maximum absolute atomic E-state index is 6.36. The van der Waals surface area contributed by atoms with Crippen molar-refractivity contribution in [3.63, 3.8) is 0 Å². The third-order valence-corrected chi connectivity index (χ3v) is 10.4. The van der Waals surface area contributed by atoms with E-state index < -0.39 is 0 Å². The van der Waals surface area contributed by atoms with Gasteiger partial charge in [-0.25, -0.2) is 0 Å². The highest BCUT2D eigenvalue weighted by atomic mass is 16.3. The number of anilines is 3. The fourth-order valence-corrected chi connectivity index (χ4v) is 7.70. The van der Waals surface area contributed by atoms with Crippen LogP contribution in [0.2, 0.25) is 0 Å². The van der Waals surface area contributed by atoms with Crippen LogP contribution >= 0.6 is 0 Å². The van der Waals surface area contributed by atoms with E-state index >= 15 is 0 Å². The number of benzene rings is 5. The zero-order valence-electron chi connectivity index (χ0n) is 29.0. The Hall–Kier alpha value is -4.30. The van der Waals surface area contributed by atoms with Gasteiger partial charge in [0.1, 0.15) is 11.2 Å². The van der Waals surface area contributed by atoms with E-state index in [1.807, 2.05) is 6.07 Å². The summed E-state index contributed by atoms with van der Waals surface area (Å²) < 4.78 is 6.36. The lowest BCUT2D eigenvalue weighted by atomic mass is 9.82. The maximum Gasteiger partial charge on any atom is 0.137 e. The van der Waals surface area contributed by atoms with Crippen LogP contribution in [0.5, 0.6) is 0 Å². The molecule has 1 aromatic heterocycles. The zero-order valence-corrected chi connectivity index (χ0v) is 29.0. The molecule has 0 bridgehead atoms. The summed E-state index contributed by atoms with van der Waals surface area (Å²) in [5.74, 6) is 2.07. The van der Waals surface area contributed by atoms with Crippen molar-refractivity contribution in [2.24, 2.45) is 0 Å². The fraction of sp³-hybridized carbons (Fsp3) is 0.333. The van der Waals surface area contributed by atoms with Crippen molar-refractivity contribution in [2.75, 3.05) is 4.90 Å². The van der Waals surface area contributed by atoms with Gasteiger partial charge in [-0.1, -0.05) is 115 Å². The van der Waals surface area contributed by atoms with Gasteiger partial charge in [0.2, 0.25) is 0 Å². The van der Waals surface area contributed by atoms with Crippen molar-refractivity contribution < 1.29 is 4.42 Å². The molecule has 0 radical (unpaired) electrons. The molecule has 7 rings (SSSR count). The molecule has 47 heavy (non-hydrogen) atoms. The molecule has 1 fully saturated rings. The summed E-state index contributed by atoms with van der Waals surface area (Å²) in [6.45, 7) is 13.9. The van der Waals surface area contributed by atoms with Gasteiger partial charge in [0.15, 0.2) is 0 Å². The van der Waals surface area contributed by atoms with Crippen molar-refractivity contribution in [1.82, 2.24) is 0 Å². The minimum absolute atomic E-state index is 0.440. The van der Waals surface area contributed by atoms with E-state index in [1.165, 1.54) is 71.2 Å². The van der Waals surface area contributed by atoms with Crippen LogP contribution in [0.15, 0.2) is 108 Å². The van der Waals surface area contributed by atoms with Crippen molar-refractivity contribution in [3.8, 4) is 11.1 Å². The molecule has 0 amide bonds. The van der Waals surface area contributed by atoms with Crippen LogP contribution in [-0.4, -0.2) is 0 Å². The largest absolute Gasteiger partial charge is 0.456 e.